The Morgan fingerprint density at radius 2 is 2.08 bits per heavy atom. The summed E-state index contributed by atoms with van der Waals surface area (Å²) in [5.74, 6) is 1.02. The van der Waals surface area contributed by atoms with E-state index in [9.17, 15) is 9.90 Å². The lowest BCUT2D eigenvalue weighted by molar-refractivity contribution is -0.130. The van der Waals surface area contributed by atoms with Gasteiger partial charge in [-0.05, 0) is 46.7 Å². The van der Waals surface area contributed by atoms with Gasteiger partial charge in [-0.2, -0.15) is 11.3 Å². The van der Waals surface area contributed by atoms with Crippen molar-refractivity contribution in [3.63, 3.8) is 0 Å². The molecule has 1 amide bonds. The number of hydrogen-bond acceptors (Lipinski definition) is 6. The summed E-state index contributed by atoms with van der Waals surface area (Å²) in [5, 5.41) is 17.1. The Balaban J connectivity index is 1.34. The standard InChI is InChI=1S/C19H17NO4S2/c21-18(12-7-8-25-11-12)17-6-5-13(26-17)9-20-19(22)16-10-23-14-3-1-2-4-15(14)24-16/h1-8,11,16,18,21H,9-10H2,(H,20,22). The van der Waals surface area contributed by atoms with E-state index >= 15 is 0 Å². The molecule has 2 atom stereocenters. The molecule has 26 heavy (non-hydrogen) atoms. The third kappa shape index (κ3) is 3.60. The summed E-state index contributed by atoms with van der Waals surface area (Å²) in [6, 6.07) is 13.0. The fourth-order valence-electron chi connectivity index (χ4n) is 2.67. The zero-order chi connectivity index (χ0) is 17.9. The van der Waals surface area contributed by atoms with Crippen LogP contribution in [0.2, 0.25) is 0 Å². The van der Waals surface area contributed by atoms with Crippen LogP contribution in [0.3, 0.4) is 0 Å². The van der Waals surface area contributed by atoms with Crippen LogP contribution in [0.1, 0.15) is 21.4 Å². The maximum Gasteiger partial charge on any atom is 0.264 e. The predicted octanol–water partition coefficient (Wildman–Crippen LogP) is 3.35. The molecule has 1 aliphatic heterocycles. The van der Waals surface area contributed by atoms with Crippen LogP contribution in [0.25, 0.3) is 0 Å². The van der Waals surface area contributed by atoms with E-state index in [2.05, 4.69) is 5.32 Å². The maximum absolute atomic E-state index is 12.3. The van der Waals surface area contributed by atoms with Crippen molar-refractivity contribution in [2.24, 2.45) is 0 Å². The molecule has 2 aromatic heterocycles. The summed E-state index contributed by atoms with van der Waals surface area (Å²) in [6.45, 7) is 0.580. The summed E-state index contributed by atoms with van der Waals surface area (Å²) < 4.78 is 11.3. The Morgan fingerprint density at radius 1 is 1.23 bits per heavy atom. The third-order valence-corrected chi connectivity index (χ3v) is 5.89. The van der Waals surface area contributed by atoms with Crippen molar-refractivity contribution in [3.8, 4) is 11.5 Å². The van der Waals surface area contributed by atoms with Crippen LogP contribution in [0.4, 0.5) is 0 Å². The molecule has 5 nitrogen and oxygen atoms in total. The molecule has 0 bridgehead atoms. The molecule has 3 heterocycles. The molecular formula is C19H17NO4S2. The zero-order valence-electron chi connectivity index (χ0n) is 13.8. The highest BCUT2D eigenvalue weighted by molar-refractivity contribution is 7.12. The number of nitrogens with one attached hydrogen (secondary N) is 1. The second-order valence-corrected chi connectivity index (χ2v) is 7.83. The Hall–Kier alpha value is -2.35. The SMILES string of the molecule is O=C(NCc1ccc(C(O)c2ccsc2)s1)C1COc2ccccc2O1. The van der Waals surface area contributed by atoms with Gasteiger partial charge in [-0.25, -0.2) is 0 Å². The number of aliphatic hydroxyl groups excluding tert-OH is 1. The molecule has 1 aromatic carbocycles. The van der Waals surface area contributed by atoms with Crippen LogP contribution in [-0.4, -0.2) is 23.7 Å². The van der Waals surface area contributed by atoms with E-state index in [1.54, 1.807) is 17.4 Å². The molecule has 3 aromatic rings. The monoisotopic (exact) mass is 387 g/mol. The molecule has 0 fully saturated rings. The number of fused-ring (bicyclic) bond motifs is 1. The second-order valence-electron chi connectivity index (χ2n) is 5.85. The van der Waals surface area contributed by atoms with Gasteiger partial charge in [0.15, 0.2) is 11.5 Å². The first kappa shape index (κ1) is 17.1. The number of carbonyl (C=O) groups excluding carboxylic acids is 1. The molecule has 0 saturated carbocycles. The molecular weight excluding hydrogens is 370 g/mol. The van der Waals surface area contributed by atoms with Gasteiger partial charge in [-0.3, -0.25) is 4.79 Å². The van der Waals surface area contributed by atoms with Crippen LogP contribution in [0, 0.1) is 0 Å². The van der Waals surface area contributed by atoms with E-state index < -0.39 is 12.2 Å². The van der Waals surface area contributed by atoms with Crippen molar-refractivity contribution < 1.29 is 19.4 Å². The van der Waals surface area contributed by atoms with E-state index in [-0.39, 0.29) is 12.5 Å². The van der Waals surface area contributed by atoms with Crippen molar-refractivity contribution in [2.75, 3.05) is 6.61 Å². The van der Waals surface area contributed by atoms with Crippen molar-refractivity contribution in [1.82, 2.24) is 5.32 Å². The van der Waals surface area contributed by atoms with E-state index in [0.29, 0.717) is 18.0 Å². The quantitative estimate of drug-likeness (QED) is 0.705. The highest BCUT2D eigenvalue weighted by Gasteiger charge is 2.27. The normalized spacial score (nSPS) is 16.9. The number of carbonyl (C=O) groups is 1. The second kappa shape index (κ2) is 7.49. The number of ether oxygens (including phenoxy) is 2. The average Bonchev–Trinajstić information content (AvgIpc) is 3.37. The summed E-state index contributed by atoms with van der Waals surface area (Å²) in [4.78, 5) is 14.2. The van der Waals surface area contributed by atoms with Crippen molar-refractivity contribution in [3.05, 3.63) is 68.5 Å². The number of aliphatic hydroxyl groups is 1. The number of hydrogen-bond donors (Lipinski definition) is 2. The molecule has 2 N–H and O–H groups in total. The van der Waals surface area contributed by atoms with Gasteiger partial charge < -0.3 is 19.9 Å². The van der Waals surface area contributed by atoms with E-state index in [4.69, 9.17) is 9.47 Å². The smallest absolute Gasteiger partial charge is 0.264 e. The minimum absolute atomic E-state index is 0.190. The Kier molecular flexibility index (Phi) is 4.92. The first-order valence-electron chi connectivity index (χ1n) is 8.15. The Morgan fingerprint density at radius 3 is 2.88 bits per heavy atom. The molecule has 134 valence electrons. The van der Waals surface area contributed by atoms with Crippen LogP contribution in [-0.2, 0) is 11.3 Å². The van der Waals surface area contributed by atoms with Gasteiger partial charge in [0, 0.05) is 9.75 Å². The maximum atomic E-state index is 12.3. The van der Waals surface area contributed by atoms with E-state index in [1.165, 1.54) is 11.3 Å². The molecule has 7 heteroatoms. The van der Waals surface area contributed by atoms with Gasteiger partial charge in [0.25, 0.3) is 5.91 Å². The van der Waals surface area contributed by atoms with Crippen LogP contribution in [0.5, 0.6) is 11.5 Å². The number of thiophene rings is 2. The first-order chi connectivity index (χ1) is 12.7. The fraction of sp³-hybridized carbons (Fsp3) is 0.211. The predicted molar refractivity (Wildman–Crippen MR) is 101 cm³/mol. The fourth-order valence-corrected chi connectivity index (χ4v) is 4.31. The van der Waals surface area contributed by atoms with Gasteiger partial charge in [0.05, 0.1) is 6.54 Å². The summed E-state index contributed by atoms with van der Waals surface area (Å²) >= 11 is 3.04. The summed E-state index contributed by atoms with van der Waals surface area (Å²) in [7, 11) is 0. The average molecular weight is 387 g/mol. The molecule has 0 saturated heterocycles. The molecule has 0 aliphatic carbocycles. The van der Waals surface area contributed by atoms with Crippen LogP contribution in [0.15, 0.2) is 53.2 Å². The van der Waals surface area contributed by atoms with Crippen LogP contribution < -0.4 is 14.8 Å². The highest BCUT2D eigenvalue weighted by Crippen LogP contribution is 2.31. The van der Waals surface area contributed by atoms with Crippen molar-refractivity contribution >= 4 is 28.6 Å². The Labute approximate surface area is 158 Å². The summed E-state index contributed by atoms with van der Waals surface area (Å²) in [6.07, 6.45) is -1.29. The van der Waals surface area contributed by atoms with Gasteiger partial charge in [-0.1, -0.05) is 12.1 Å². The number of amides is 1. The molecule has 0 radical (unpaired) electrons. The summed E-state index contributed by atoms with van der Waals surface area (Å²) in [5.41, 5.74) is 0.888. The van der Waals surface area contributed by atoms with Crippen molar-refractivity contribution in [1.29, 1.82) is 0 Å². The molecule has 2 unspecified atom stereocenters. The van der Waals surface area contributed by atoms with E-state index in [1.807, 2.05) is 47.2 Å². The Bertz CT molecular complexity index is 891. The minimum atomic E-state index is -0.666. The van der Waals surface area contributed by atoms with Crippen LogP contribution >= 0.6 is 22.7 Å². The molecule has 1 aliphatic rings. The number of rotatable bonds is 5. The van der Waals surface area contributed by atoms with E-state index in [0.717, 1.165) is 15.3 Å². The zero-order valence-corrected chi connectivity index (χ0v) is 15.4. The molecule has 0 spiro atoms. The van der Waals surface area contributed by atoms with Gasteiger partial charge in [0.2, 0.25) is 6.10 Å². The number of benzene rings is 1. The van der Waals surface area contributed by atoms with Gasteiger partial charge >= 0.3 is 0 Å². The number of para-hydroxylation sites is 2. The van der Waals surface area contributed by atoms with Crippen molar-refractivity contribution in [2.45, 2.75) is 18.8 Å². The minimum Gasteiger partial charge on any atom is -0.485 e. The molecule has 4 rings (SSSR count). The highest BCUT2D eigenvalue weighted by atomic mass is 32.1. The van der Waals surface area contributed by atoms with Gasteiger partial charge in [0.1, 0.15) is 12.7 Å². The first-order valence-corrected chi connectivity index (χ1v) is 9.91. The lowest BCUT2D eigenvalue weighted by atomic mass is 10.2. The topological polar surface area (TPSA) is 67.8 Å². The lowest BCUT2D eigenvalue weighted by Crippen LogP contribution is -2.43. The largest absolute Gasteiger partial charge is 0.485 e. The lowest BCUT2D eigenvalue weighted by Gasteiger charge is -2.25. The van der Waals surface area contributed by atoms with Gasteiger partial charge in [-0.15, -0.1) is 11.3 Å². The third-order valence-electron chi connectivity index (χ3n) is 4.05.